The molecule has 0 amide bonds. The molecule has 1 unspecified atom stereocenters. The molecule has 2 aromatic rings. The molecule has 0 radical (unpaired) electrons. The number of hydrogen-bond acceptors (Lipinski definition) is 2. The van der Waals surface area contributed by atoms with Crippen LogP contribution in [0, 0.1) is 11.6 Å². The number of ether oxygens (including phenoxy) is 1. The van der Waals surface area contributed by atoms with E-state index in [9.17, 15) is 8.78 Å². The number of halogens is 3. The lowest BCUT2D eigenvalue weighted by atomic mass is 10.1. The van der Waals surface area contributed by atoms with Gasteiger partial charge in [-0.2, -0.15) is 0 Å². The molecule has 0 aromatic heterocycles. The first-order chi connectivity index (χ1) is 9.95. The van der Waals surface area contributed by atoms with Gasteiger partial charge >= 0.3 is 0 Å². The molecule has 0 aliphatic rings. The average Bonchev–Trinajstić information content (AvgIpc) is 2.39. The highest BCUT2D eigenvalue weighted by molar-refractivity contribution is 9.10. The van der Waals surface area contributed by atoms with E-state index < -0.39 is 0 Å². The highest BCUT2D eigenvalue weighted by Crippen LogP contribution is 2.23. The topological polar surface area (TPSA) is 35.2 Å². The smallest absolute Gasteiger partial charge is 0.130 e. The molecule has 1 atom stereocenters. The SMILES string of the molecule is CC(N)Cc1cc(F)ccc1OCc1ccc(Br)cc1F. The van der Waals surface area contributed by atoms with Gasteiger partial charge < -0.3 is 10.5 Å². The van der Waals surface area contributed by atoms with Gasteiger partial charge in [0.2, 0.25) is 0 Å². The van der Waals surface area contributed by atoms with Gasteiger partial charge in [0.25, 0.3) is 0 Å². The van der Waals surface area contributed by atoms with Crippen LogP contribution in [-0.2, 0) is 13.0 Å². The molecule has 0 heterocycles. The summed E-state index contributed by atoms with van der Waals surface area (Å²) in [5, 5.41) is 0. The zero-order valence-corrected chi connectivity index (χ0v) is 13.2. The Morgan fingerprint density at radius 1 is 1.14 bits per heavy atom. The lowest BCUT2D eigenvalue weighted by molar-refractivity contribution is 0.295. The van der Waals surface area contributed by atoms with Crippen molar-refractivity contribution in [2.45, 2.75) is 26.0 Å². The minimum absolute atomic E-state index is 0.0801. The van der Waals surface area contributed by atoms with E-state index in [0.717, 1.165) is 0 Å². The van der Waals surface area contributed by atoms with Crippen LogP contribution in [0.25, 0.3) is 0 Å². The third-order valence-electron chi connectivity index (χ3n) is 2.96. The summed E-state index contributed by atoms with van der Waals surface area (Å²) in [7, 11) is 0. The zero-order chi connectivity index (χ0) is 15.4. The molecule has 0 aliphatic carbocycles. The van der Waals surface area contributed by atoms with Crippen molar-refractivity contribution in [1.29, 1.82) is 0 Å². The Bertz CT molecular complexity index is 632. The van der Waals surface area contributed by atoms with Gasteiger partial charge in [-0.3, -0.25) is 0 Å². The van der Waals surface area contributed by atoms with Crippen LogP contribution in [0.3, 0.4) is 0 Å². The number of nitrogens with two attached hydrogens (primary N) is 1. The van der Waals surface area contributed by atoms with Gasteiger partial charge in [-0.1, -0.05) is 22.0 Å². The van der Waals surface area contributed by atoms with Gasteiger partial charge in [0.1, 0.15) is 24.0 Å². The first-order valence-electron chi connectivity index (χ1n) is 6.56. The molecule has 112 valence electrons. The summed E-state index contributed by atoms with van der Waals surface area (Å²) in [6, 6.07) is 8.92. The van der Waals surface area contributed by atoms with Crippen LogP contribution < -0.4 is 10.5 Å². The number of benzene rings is 2. The Morgan fingerprint density at radius 2 is 1.90 bits per heavy atom. The molecule has 2 rings (SSSR count). The molecule has 0 saturated heterocycles. The molecule has 5 heteroatoms. The highest BCUT2D eigenvalue weighted by atomic mass is 79.9. The molecule has 2 aromatic carbocycles. The molecule has 2 N–H and O–H groups in total. The van der Waals surface area contributed by atoms with Crippen LogP contribution >= 0.6 is 15.9 Å². The van der Waals surface area contributed by atoms with Crippen molar-refractivity contribution in [3.05, 3.63) is 63.6 Å². The number of hydrogen-bond donors (Lipinski definition) is 1. The Labute approximate surface area is 131 Å². The maximum absolute atomic E-state index is 13.7. The van der Waals surface area contributed by atoms with Crippen molar-refractivity contribution in [2.24, 2.45) is 5.73 Å². The van der Waals surface area contributed by atoms with E-state index in [4.69, 9.17) is 10.5 Å². The largest absolute Gasteiger partial charge is 0.489 e. The van der Waals surface area contributed by atoms with Crippen molar-refractivity contribution in [2.75, 3.05) is 0 Å². The van der Waals surface area contributed by atoms with E-state index in [1.165, 1.54) is 18.2 Å². The third-order valence-corrected chi connectivity index (χ3v) is 3.46. The van der Waals surface area contributed by atoms with E-state index in [1.54, 1.807) is 18.2 Å². The summed E-state index contributed by atoms with van der Waals surface area (Å²) in [5.74, 6) is -0.163. The van der Waals surface area contributed by atoms with E-state index >= 15 is 0 Å². The summed E-state index contributed by atoms with van der Waals surface area (Å²) in [4.78, 5) is 0. The van der Waals surface area contributed by atoms with Crippen molar-refractivity contribution in [3.63, 3.8) is 0 Å². The van der Waals surface area contributed by atoms with Gasteiger partial charge in [-0.25, -0.2) is 8.78 Å². The fraction of sp³-hybridized carbons (Fsp3) is 0.250. The van der Waals surface area contributed by atoms with Crippen LogP contribution in [0.5, 0.6) is 5.75 Å². The fourth-order valence-corrected chi connectivity index (χ4v) is 2.32. The lowest BCUT2D eigenvalue weighted by Crippen LogP contribution is -2.18. The molecular formula is C16H16BrF2NO. The van der Waals surface area contributed by atoms with Crippen molar-refractivity contribution >= 4 is 15.9 Å². The van der Waals surface area contributed by atoms with E-state index in [2.05, 4.69) is 15.9 Å². The normalized spacial score (nSPS) is 12.2. The number of rotatable bonds is 5. The molecule has 0 spiro atoms. The predicted molar refractivity (Wildman–Crippen MR) is 82.2 cm³/mol. The fourth-order valence-electron chi connectivity index (χ4n) is 1.99. The van der Waals surface area contributed by atoms with E-state index in [-0.39, 0.29) is 24.3 Å². The standard InChI is InChI=1S/C16H16BrF2NO/c1-10(20)6-12-7-14(18)4-5-16(12)21-9-11-2-3-13(17)8-15(11)19/h2-5,7-8,10H,6,9,20H2,1H3. The molecule has 0 aliphatic heterocycles. The lowest BCUT2D eigenvalue weighted by Gasteiger charge is -2.13. The van der Waals surface area contributed by atoms with Crippen LogP contribution in [0.15, 0.2) is 40.9 Å². The Morgan fingerprint density at radius 3 is 2.57 bits per heavy atom. The Kier molecular flexibility index (Phi) is 5.31. The molecule has 21 heavy (non-hydrogen) atoms. The first-order valence-corrected chi connectivity index (χ1v) is 7.35. The highest BCUT2D eigenvalue weighted by Gasteiger charge is 2.10. The summed E-state index contributed by atoms with van der Waals surface area (Å²) >= 11 is 3.20. The van der Waals surface area contributed by atoms with Crippen molar-refractivity contribution < 1.29 is 13.5 Å². The van der Waals surface area contributed by atoms with Gasteiger partial charge in [0, 0.05) is 16.1 Å². The van der Waals surface area contributed by atoms with Crippen LogP contribution in [0.1, 0.15) is 18.1 Å². The van der Waals surface area contributed by atoms with Gasteiger partial charge in [-0.15, -0.1) is 0 Å². The van der Waals surface area contributed by atoms with Crippen LogP contribution in [-0.4, -0.2) is 6.04 Å². The molecule has 2 nitrogen and oxygen atoms in total. The third kappa shape index (κ3) is 4.51. The van der Waals surface area contributed by atoms with E-state index in [0.29, 0.717) is 27.8 Å². The van der Waals surface area contributed by atoms with Gasteiger partial charge in [-0.05, 0) is 49.2 Å². The first kappa shape index (κ1) is 15.9. The van der Waals surface area contributed by atoms with Crippen molar-refractivity contribution in [3.8, 4) is 5.75 Å². The summed E-state index contributed by atoms with van der Waals surface area (Å²) in [5.41, 5.74) is 6.87. The molecular weight excluding hydrogens is 340 g/mol. The van der Waals surface area contributed by atoms with Gasteiger partial charge in [0.15, 0.2) is 0 Å². The monoisotopic (exact) mass is 355 g/mol. The minimum atomic E-state index is -0.347. The maximum atomic E-state index is 13.7. The Balaban J connectivity index is 2.15. The van der Waals surface area contributed by atoms with Crippen LogP contribution in [0.4, 0.5) is 8.78 Å². The summed E-state index contributed by atoms with van der Waals surface area (Å²) < 4.78 is 33.3. The molecule has 0 bridgehead atoms. The second-order valence-electron chi connectivity index (χ2n) is 4.96. The van der Waals surface area contributed by atoms with Gasteiger partial charge in [0.05, 0.1) is 0 Å². The second kappa shape index (κ2) is 7.00. The average molecular weight is 356 g/mol. The van der Waals surface area contributed by atoms with Crippen molar-refractivity contribution in [1.82, 2.24) is 0 Å². The maximum Gasteiger partial charge on any atom is 0.130 e. The minimum Gasteiger partial charge on any atom is -0.489 e. The molecule has 0 fully saturated rings. The predicted octanol–water partition coefficient (Wildman–Crippen LogP) is 4.20. The summed E-state index contributed by atoms with van der Waals surface area (Å²) in [6.07, 6.45) is 0.496. The van der Waals surface area contributed by atoms with E-state index in [1.807, 2.05) is 6.92 Å². The quantitative estimate of drug-likeness (QED) is 0.872. The van der Waals surface area contributed by atoms with Crippen LogP contribution in [0.2, 0.25) is 0 Å². The molecule has 0 saturated carbocycles. The second-order valence-corrected chi connectivity index (χ2v) is 5.87. The zero-order valence-electron chi connectivity index (χ0n) is 11.6. The summed E-state index contributed by atoms with van der Waals surface area (Å²) in [6.45, 7) is 1.92. The Hall–Kier alpha value is -1.46.